The summed E-state index contributed by atoms with van der Waals surface area (Å²) in [5, 5.41) is 8.58. The monoisotopic (exact) mass is 164 g/mol. The van der Waals surface area contributed by atoms with Gasteiger partial charge in [-0.25, -0.2) is 0 Å². The number of anilines is 1. The molecule has 0 bridgehead atoms. The van der Waals surface area contributed by atoms with Crippen LogP contribution in [0.4, 0.5) is 5.69 Å². The van der Waals surface area contributed by atoms with E-state index in [0.717, 1.165) is 5.56 Å². The molecule has 0 radical (unpaired) electrons. The van der Waals surface area contributed by atoms with Crippen LogP contribution in [0.25, 0.3) is 0 Å². The van der Waals surface area contributed by atoms with E-state index in [1.807, 2.05) is 12.1 Å². The fraction of sp³-hybridized carbons (Fsp3) is 0. The van der Waals surface area contributed by atoms with Crippen molar-refractivity contribution in [2.24, 2.45) is 0 Å². The Morgan fingerprint density at radius 2 is 2.18 bits per heavy atom. The number of rotatable bonds is 2. The summed E-state index contributed by atoms with van der Waals surface area (Å²) in [5.74, 6) is 0. The van der Waals surface area contributed by atoms with Gasteiger partial charge in [-0.05, 0) is 11.6 Å². The molecule has 0 fully saturated rings. The zero-order valence-corrected chi connectivity index (χ0v) is 6.69. The minimum absolute atomic E-state index is 0.596. The van der Waals surface area contributed by atoms with Crippen LogP contribution < -0.4 is 5.73 Å². The third kappa shape index (κ3) is 1.43. The van der Waals surface area contributed by atoms with Crippen molar-refractivity contribution in [3.05, 3.63) is 29.3 Å². The van der Waals surface area contributed by atoms with Gasteiger partial charge in [-0.3, -0.25) is 0 Å². The molecule has 3 N–H and O–H groups in total. The number of nitrogen functional groups attached to an aromatic ring is 1. The highest BCUT2D eigenvalue weighted by Crippen LogP contribution is 2.12. The van der Waals surface area contributed by atoms with E-state index in [2.05, 4.69) is 0 Å². The second kappa shape index (κ2) is 3.25. The van der Waals surface area contributed by atoms with E-state index < -0.39 is 0 Å². The molecular weight excluding hydrogens is 156 g/mol. The lowest BCUT2D eigenvalue weighted by Gasteiger charge is -2.01. The molecule has 56 valence electrons. The molecular formula is C8H8N2S. The van der Waals surface area contributed by atoms with Gasteiger partial charge in [0.25, 0.3) is 0 Å². The standard InChI is InChI=1S/C8H8N2S/c9-4-7-6(5-11)2-1-3-8(7)10/h1-5,9H,10H2. The summed E-state index contributed by atoms with van der Waals surface area (Å²) in [6, 6.07) is 5.41. The molecule has 11 heavy (non-hydrogen) atoms. The van der Waals surface area contributed by atoms with E-state index in [1.54, 1.807) is 6.07 Å². The molecule has 0 spiro atoms. The van der Waals surface area contributed by atoms with Crippen LogP contribution in [0, 0.1) is 5.41 Å². The average molecular weight is 164 g/mol. The van der Waals surface area contributed by atoms with E-state index in [0.29, 0.717) is 11.3 Å². The van der Waals surface area contributed by atoms with Crippen molar-refractivity contribution in [1.82, 2.24) is 0 Å². The number of thiocarbonyl (C=S) groups is 1. The second-order valence-electron chi connectivity index (χ2n) is 2.11. The van der Waals surface area contributed by atoms with Crippen molar-refractivity contribution >= 4 is 29.5 Å². The number of hydrogen-bond donors (Lipinski definition) is 2. The van der Waals surface area contributed by atoms with Gasteiger partial charge in [-0.2, -0.15) is 0 Å². The van der Waals surface area contributed by atoms with Gasteiger partial charge in [0.2, 0.25) is 0 Å². The highest BCUT2D eigenvalue weighted by atomic mass is 32.1. The fourth-order valence-electron chi connectivity index (χ4n) is 0.871. The minimum Gasteiger partial charge on any atom is -0.398 e. The van der Waals surface area contributed by atoms with Gasteiger partial charge in [-0.1, -0.05) is 24.4 Å². The van der Waals surface area contributed by atoms with Crippen molar-refractivity contribution in [2.75, 3.05) is 5.73 Å². The number of hydrogen-bond acceptors (Lipinski definition) is 3. The van der Waals surface area contributed by atoms with Crippen LogP contribution >= 0.6 is 12.2 Å². The zero-order valence-electron chi connectivity index (χ0n) is 5.87. The predicted octanol–water partition coefficient (Wildman–Crippen LogP) is 1.61. The third-order valence-electron chi connectivity index (χ3n) is 1.44. The van der Waals surface area contributed by atoms with E-state index in [9.17, 15) is 0 Å². The van der Waals surface area contributed by atoms with E-state index in [-0.39, 0.29) is 0 Å². The largest absolute Gasteiger partial charge is 0.398 e. The van der Waals surface area contributed by atoms with E-state index >= 15 is 0 Å². The van der Waals surface area contributed by atoms with Crippen LogP contribution in [0.5, 0.6) is 0 Å². The lowest BCUT2D eigenvalue weighted by molar-refractivity contribution is 1.53. The molecule has 0 heterocycles. The molecule has 0 atom stereocenters. The average Bonchev–Trinajstić information content (AvgIpc) is 2.04. The first-order chi connectivity index (χ1) is 5.29. The van der Waals surface area contributed by atoms with Crippen LogP contribution in [0.3, 0.4) is 0 Å². The zero-order chi connectivity index (χ0) is 8.27. The summed E-state index contributed by atoms with van der Waals surface area (Å²) in [7, 11) is 0. The summed E-state index contributed by atoms with van der Waals surface area (Å²) in [5.41, 5.74) is 7.71. The van der Waals surface area contributed by atoms with Gasteiger partial charge in [0.05, 0.1) is 0 Å². The number of benzene rings is 1. The molecule has 1 aromatic carbocycles. The molecule has 0 aliphatic heterocycles. The minimum atomic E-state index is 0.596. The molecule has 3 heteroatoms. The Hall–Kier alpha value is -1.22. The van der Waals surface area contributed by atoms with Crippen LogP contribution in [-0.2, 0) is 0 Å². The maximum absolute atomic E-state index is 7.06. The molecule has 0 saturated carbocycles. The molecule has 2 nitrogen and oxygen atoms in total. The van der Waals surface area contributed by atoms with Crippen molar-refractivity contribution < 1.29 is 0 Å². The summed E-state index contributed by atoms with van der Waals surface area (Å²) in [6.45, 7) is 0. The van der Waals surface area contributed by atoms with Gasteiger partial charge in [0.1, 0.15) is 0 Å². The van der Waals surface area contributed by atoms with Gasteiger partial charge in [-0.15, -0.1) is 0 Å². The number of nitrogens with one attached hydrogen (secondary N) is 1. The van der Waals surface area contributed by atoms with Gasteiger partial charge < -0.3 is 11.1 Å². The van der Waals surface area contributed by atoms with Crippen molar-refractivity contribution in [3.8, 4) is 0 Å². The van der Waals surface area contributed by atoms with Crippen molar-refractivity contribution in [3.63, 3.8) is 0 Å². The van der Waals surface area contributed by atoms with Crippen LogP contribution in [0.1, 0.15) is 11.1 Å². The number of nitrogens with two attached hydrogens (primary N) is 1. The maximum Gasteiger partial charge on any atom is 0.0409 e. The SMILES string of the molecule is N=Cc1c(N)cccc1C=S. The van der Waals surface area contributed by atoms with Gasteiger partial charge in [0.15, 0.2) is 0 Å². The highest BCUT2D eigenvalue weighted by Gasteiger charge is 1.98. The van der Waals surface area contributed by atoms with Crippen LogP contribution in [0.2, 0.25) is 0 Å². The third-order valence-corrected chi connectivity index (χ3v) is 1.70. The normalized spacial score (nSPS) is 9.09. The summed E-state index contributed by atoms with van der Waals surface area (Å²) in [6.07, 6.45) is 1.22. The van der Waals surface area contributed by atoms with E-state index in [4.69, 9.17) is 23.4 Å². The molecule has 1 aromatic rings. The molecule has 0 aliphatic carbocycles. The topological polar surface area (TPSA) is 49.9 Å². The second-order valence-corrected chi connectivity index (χ2v) is 2.35. The first-order valence-corrected chi connectivity index (χ1v) is 3.61. The summed E-state index contributed by atoms with van der Waals surface area (Å²) in [4.78, 5) is 0. The van der Waals surface area contributed by atoms with Crippen LogP contribution in [-0.4, -0.2) is 11.6 Å². The molecule has 0 saturated heterocycles. The fourth-order valence-corrected chi connectivity index (χ4v) is 1.08. The Bertz CT molecular complexity index is 294. The van der Waals surface area contributed by atoms with Crippen molar-refractivity contribution in [1.29, 1.82) is 5.41 Å². The smallest absolute Gasteiger partial charge is 0.0409 e. The lowest BCUT2D eigenvalue weighted by Crippen LogP contribution is -1.96. The molecule has 0 aliphatic rings. The molecule has 1 rings (SSSR count). The first kappa shape index (κ1) is 7.88. The quantitative estimate of drug-likeness (QED) is 0.396. The van der Waals surface area contributed by atoms with E-state index in [1.165, 1.54) is 11.6 Å². The van der Waals surface area contributed by atoms with Gasteiger partial charge in [0, 0.05) is 22.8 Å². The van der Waals surface area contributed by atoms with Crippen LogP contribution in [0.15, 0.2) is 18.2 Å². The predicted molar refractivity (Wildman–Crippen MR) is 51.5 cm³/mol. The van der Waals surface area contributed by atoms with Crippen molar-refractivity contribution in [2.45, 2.75) is 0 Å². The molecule has 0 amide bonds. The lowest BCUT2D eigenvalue weighted by atomic mass is 10.1. The highest BCUT2D eigenvalue weighted by molar-refractivity contribution is 7.79. The Morgan fingerprint density at radius 3 is 2.64 bits per heavy atom. The first-order valence-electron chi connectivity index (χ1n) is 3.13. The Labute approximate surface area is 70.5 Å². The Morgan fingerprint density at radius 1 is 1.45 bits per heavy atom. The molecule has 0 unspecified atom stereocenters. The molecule has 0 aromatic heterocycles. The Kier molecular flexibility index (Phi) is 2.33. The van der Waals surface area contributed by atoms with Gasteiger partial charge >= 0.3 is 0 Å². The Balaban J connectivity index is 3.35. The summed E-state index contributed by atoms with van der Waals surface area (Å²) < 4.78 is 0. The summed E-state index contributed by atoms with van der Waals surface area (Å²) >= 11 is 4.75. The maximum atomic E-state index is 7.06.